The monoisotopic (exact) mass is 505 g/mol. The molecule has 0 radical (unpaired) electrons. The van der Waals surface area contributed by atoms with Crippen LogP contribution < -0.4 is 9.62 Å². The van der Waals surface area contributed by atoms with Gasteiger partial charge in [0.25, 0.3) is 10.0 Å². The number of piperidine rings is 1. The largest absolute Gasteiger partial charge is 0.350 e. The van der Waals surface area contributed by atoms with Gasteiger partial charge in [-0.05, 0) is 73.3 Å². The van der Waals surface area contributed by atoms with Crippen molar-refractivity contribution in [2.75, 3.05) is 23.9 Å². The summed E-state index contributed by atoms with van der Waals surface area (Å²) < 4.78 is 28.1. The maximum Gasteiger partial charge on any atom is 0.264 e. The van der Waals surface area contributed by atoms with Gasteiger partial charge in [-0.3, -0.25) is 14.0 Å². The normalized spacial score (nSPS) is 14.4. The Kier molecular flexibility index (Phi) is 8.78. The summed E-state index contributed by atoms with van der Waals surface area (Å²) >= 11 is 0. The van der Waals surface area contributed by atoms with Crippen molar-refractivity contribution >= 4 is 21.6 Å². The van der Waals surface area contributed by atoms with E-state index in [0.717, 1.165) is 37.2 Å². The number of likely N-dealkylation sites (tertiary alicyclic amines) is 1. The summed E-state index contributed by atoms with van der Waals surface area (Å²) in [6.45, 7) is 5.35. The number of nitrogens with one attached hydrogen (secondary N) is 1. The molecular formula is C29H35N3O3S. The standard InChI is InChI=1S/C29H35N3O3S/c1-2-24-15-17-27(18-16-24)32(36(34,35)28-9-5-3-6-10-28)23-29(33)30-21-25-11-13-26(14-12-25)22-31-19-7-4-8-20-31/h3,5-6,9-18H,2,4,7-8,19-23H2,1H3,(H,30,33). The van der Waals surface area contributed by atoms with Gasteiger partial charge >= 0.3 is 0 Å². The number of aryl methyl sites for hydroxylation is 1. The van der Waals surface area contributed by atoms with E-state index in [4.69, 9.17) is 0 Å². The van der Waals surface area contributed by atoms with Crippen molar-refractivity contribution in [1.82, 2.24) is 10.2 Å². The minimum absolute atomic E-state index is 0.154. The zero-order valence-electron chi connectivity index (χ0n) is 20.9. The van der Waals surface area contributed by atoms with Crippen molar-refractivity contribution in [1.29, 1.82) is 0 Å². The Morgan fingerprint density at radius 3 is 2.08 bits per heavy atom. The SMILES string of the molecule is CCc1ccc(N(CC(=O)NCc2ccc(CN3CCCCC3)cc2)S(=O)(=O)c2ccccc2)cc1. The van der Waals surface area contributed by atoms with E-state index in [1.165, 1.54) is 29.1 Å². The van der Waals surface area contributed by atoms with Gasteiger partial charge in [-0.25, -0.2) is 8.42 Å². The fourth-order valence-electron chi connectivity index (χ4n) is 4.46. The molecule has 1 saturated heterocycles. The summed E-state index contributed by atoms with van der Waals surface area (Å²) in [6, 6.07) is 23.8. The van der Waals surface area contributed by atoms with Gasteiger partial charge in [-0.1, -0.05) is 67.9 Å². The van der Waals surface area contributed by atoms with Crippen LogP contribution in [0.15, 0.2) is 83.8 Å². The average molecular weight is 506 g/mol. The van der Waals surface area contributed by atoms with E-state index in [2.05, 4.69) is 22.3 Å². The number of anilines is 1. The first-order chi connectivity index (χ1) is 17.5. The summed E-state index contributed by atoms with van der Waals surface area (Å²) in [5.41, 5.74) is 3.82. The van der Waals surface area contributed by atoms with Crippen molar-refractivity contribution in [3.8, 4) is 0 Å². The maximum absolute atomic E-state index is 13.4. The summed E-state index contributed by atoms with van der Waals surface area (Å²) in [6.07, 6.45) is 4.71. The van der Waals surface area contributed by atoms with E-state index in [0.29, 0.717) is 12.2 Å². The van der Waals surface area contributed by atoms with E-state index in [9.17, 15) is 13.2 Å². The number of nitrogens with zero attached hydrogens (tertiary/aromatic N) is 2. The van der Waals surface area contributed by atoms with Crippen LogP contribution in [0, 0.1) is 0 Å². The van der Waals surface area contributed by atoms with E-state index in [1.54, 1.807) is 42.5 Å². The third-order valence-electron chi connectivity index (χ3n) is 6.62. The molecule has 7 heteroatoms. The number of benzene rings is 3. The first-order valence-electron chi connectivity index (χ1n) is 12.7. The van der Waals surface area contributed by atoms with Crippen LogP contribution >= 0.6 is 0 Å². The second kappa shape index (κ2) is 12.2. The first kappa shape index (κ1) is 25.9. The molecule has 0 bridgehead atoms. The van der Waals surface area contributed by atoms with Gasteiger partial charge in [-0.2, -0.15) is 0 Å². The van der Waals surface area contributed by atoms with E-state index in [-0.39, 0.29) is 17.3 Å². The fourth-order valence-corrected chi connectivity index (χ4v) is 5.90. The van der Waals surface area contributed by atoms with E-state index >= 15 is 0 Å². The number of hydrogen-bond donors (Lipinski definition) is 1. The molecule has 1 aliphatic rings. The lowest BCUT2D eigenvalue weighted by atomic mass is 10.1. The van der Waals surface area contributed by atoms with Crippen molar-refractivity contribution in [3.63, 3.8) is 0 Å². The molecule has 0 saturated carbocycles. The van der Waals surface area contributed by atoms with Crippen molar-refractivity contribution in [2.24, 2.45) is 0 Å². The molecule has 4 rings (SSSR count). The average Bonchev–Trinajstić information content (AvgIpc) is 2.92. The highest BCUT2D eigenvalue weighted by Crippen LogP contribution is 2.24. The second-order valence-corrected chi connectivity index (χ2v) is 11.1. The third kappa shape index (κ3) is 6.74. The number of rotatable bonds is 10. The smallest absolute Gasteiger partial charge is 0.264 e. The highest BCUT2D eigenvalue weighted by molar-refractivity contribution is 7.92. The van der Waals surface area contributed by atoms with Crippen LogP contribution in [0.1, 0.15) is 42.9 Å². The first-order valence-corrected chi connectivity index (χ1v) is 14.1. The van der Waals surface area contributed by atoms with Gasteiger partial charge in [0.1, 0.15) is 6.54 Å². The zero-order chi connectivity index (χ0) is 25.4. The van der Waals surface area contributed by atoms with Gasteiger partial charge in [0.2, 0.25) is 5.91 Å². The molecular weight excluding hydrogens is 470 g/mol. The summed E-state index contributed by atoms with van der Waals surface area (Å²) in [5.74, 6) is -0.355. The van der Waals surface area contributed by atoms with Gasteiger partial charge < -0.3 is 5.32 Å². The van der Waals surface area contributed by atoms with Crippen molar-refractivity contribution < 1.29 is 13.2 Å². The van der Waals surface area contributed by atoms with Crippen LogP contribution in [0.25, 0.3) is 0 Å². The van der Waals surface area contributed by atoms with Crippen LogP contribution in [-0.4, -0.2) is 38.9 Å². The molecule has 1 heterocycles. The number of hydrogen-bond acceptors (Lipinski definition) is 4. The number of sulfonamides is 1. The molecule has 190 valence electrons. The second-order valence-electron chi connectivity index (χ2n) is 9.27. The molecule has 0 aromatic heterocycles. The van der Waals surface area contributed by atoms with Crippen LogP contribution in [0.2, 0.25) is 0 Å². The molecule has 1 aliphatic heterocycles. The highest BCUT2D eigenvalue weighted by Gasteiger charge is 2.27. The molecule has 6 nitrogen and oxygen atoms in total. The fraction of sp³-hybridized carbons (Fsp3) is 0.345. The Morgan fingerprint density at radius 2 is 1.44 bits per heavy atom. The molecule has 0 atom stereocenters. The molecule has 0 unspecified atom stereocenters. The number of carbonyl (C=O) groups is 1. The summed E-state index contributed by atoms with van der Waals surface area (Å²) in [4.78, 5) is 15.5. The highest BCUT2D eigenvalue weighted by atomic mass is 32.2. The van der Waals surface area contributed by atoms with Crippen LogP contribution in [0.3, 0.4) is 0 Å². The topological polar surface area (TPSA) is 69.7 Å². The molecule has 0 spiro atoms. The summed E-state index contributed by atoms with van der Waals surface area (Å²) in [7, 11) is -3.90. The Balaban J connectivity index is 1.42. The van der Waals surface area contributed by atoms with E-state index in [1.807, 2.05) is 31.2 Å². The maximum atomic E-state index is 13.4. The lowest BCUT2D eigenvalue weighted by molar-refractivity contribution is -0.119. The van der Waals surface area contributed by atoms with Gasteiger partial charge in [0.05, 0.1) is 10.6 Å². The van der Waals surface area contributed by atoms with Crippen LogP contribution in [0.4, 0.5) is 5.69 Å². The number of amides is 1. The quantitative estimate of drug-likeness (QED) is 0.432. The predicted molar refractivity (Wildman–Crippen MR) is 144 cm³/mol. The van der Waals surface area contributed by atoms with Crippen molar-refractivity contribution in [2.45, 2.75) is 50.6 Å². The zero-order valence-corrected chi connectivity index (χ0v) is 21.7. The lowest BCUT2D eigenvalue weighted by Gasteiger charge is -2.26. The molecule has 1 fully saturated rings. The van der Waals surface area contributed by atoms with Gasteiger partial charge in [0.15, 0.2) is 0 Å². The predicted octanol–water partition coefficient (Wildman–Crippen LogP) is 4.75. The summed E-state index contributed by atoms with van der Waals surface area (Å²) in [5, 5.41) is 2.89. The van der Waals surface area contributed by atoms with Crippen LogP contribution in [-0.2, 0) is 34.3 Å². The molecule has 0 aliphatic carbocycles. The molecule has 1 N–H and O–H groups in total. The third-order valence-corrected chi connectivity index (χ3v) is 8.41. The Hall–Kier alpha value is -3.16. The molecule has 1 amide bonds. The Morgan fingerprint density at radius 1 is 0.833 bits per heavy atom. The van der Waals surface area contributed by atoms with Gasteiger partial charge in [0, 0.05) is 13.1 Å². The molecule has 3 aromatic rings. The molecule has 3 aromatic carbocycles. The minimum atomic E-state index is -3.90. The number of carbonyl (C=O) groups excluding carboxylic acids is 1. The Bertz CT molecular complexity index is 1220. The molecule has 36 heavy (non-hydrogen) atoms. The van der Waals surface area contributed by atoms with Crippen molar-refractivity contribution in [3.05, 3.63) is 95.6 Å². The van der Waals surface area contributed by atoms with Crippen LogP contribution in [0.5, 0.6) is 0 Å². The Labute approximate surface area is 215 Å². The minimum Gasteiger partial charge on any atom is -0.350 e. The van der Waals surface area contributed by atoms with Gasteiger partial charge in [-0.15, -0.1) is 0 Å². The lowest BCUT2D eigenvalue weighted by Crippen LogP contribution is -2.40. The van der Waals surface area contributed by atoms with E-state index < -0.39 is 10.0 Å².